The number of amides is 1. The highest BCUT2D eigenvalue weighted by atomic mass is 32.2. The molecule has 1 aliphatic heterocycles. The number of halogens is 1. The van der Waals surface area contributed by atoms with Crippen LogP contribution in [-0.2, 0) is 19.6 Å². The Morgan fingerprint density at radius 2 is 2.03 bits per heavy atom. The summed E-state index contributed by atoms with van der Waals surface area (Å²) in [4.78, 5) is 31.8. The van der Waals surface area contributed by atoms with E-state index in [0.29, 0.717) is 31.2 Å². The number of carbonyl (C=O) groups is 1. The number of nitrogens with zero attached hydrogens (tertiary/aromatic N) is 4. The monoisotopic (exact) mass is 484 g/mol. The lowest BCUT2D eigenvalue weighted by Gasteiger charge is -2.28. The van der Waals surface area contributed by atoms with Gasteiger partial charge < -0.3 is 14.5 Å². The fourth-order valence-corrected chi connectivity index (χ4v) is 5.64. The van der Waals surface area contributed by atoms with Gasteiger partial charge in [-0.3, -0.25) is 4.98 Å². The molecular weight excluding hydrogens is 459 g/mol. The van der Waals surface area contributed by atoms with E-state index >= 15 is 0 Å². The standard InChI is InChI=1S/C20H25FN4O7S/c1-15-14-23(20(26)31-10-2-3-11-32-25(27)28)8-5-9-24(15)33(29,30)18-7-4-6-16-12-22-13-17(21)19(16)18/h4,6-7,12-13,15H,2-3,5,8-11,14H2,1H3/t15-/m0/s1. The van der Waals surface area contributed by atoms with Gasteiger partial charge in [-0.25, -0.2) is 17.6 Å². The van der Waals surface area contributed by atoms with Crippen LogP contribution in [0.25, 0.3) is 10.8 Å². The summed E-state index contributed by atoms with van der Waals surface area (Å²) in [7, 11) is -4.05. The minimum absolute atomic E-state index is 0.0127. The van der Waals surface area contributed by atoms with Crippen LogP contribution in [0.2, 0.25) is 0 Å². The number of benzene rings is 1. The van der Waals surface area contributed by atoms with Gasteiger partial charge in [0.2, 0.25) is 10.0 Å². The van der Waals surface area contributed by atoms with Crippen molar-refractivity contribution in [3.05, 3.63) is 46.5 Å². The fourth-order valence-electron chi connectivity index (χ4n) is 3.76. The molecule has 0 N–H and O–H groups in total. The fraction of sp³-hybridized carbons (Fsp3) is 0.500. The van der Waals surface area contributed by atoms with Crippen molar-refractivity contribution >= 4 is 26.9 Å². The maximum Gasteiger partial charge on any atom is 0.409 e. The molecule has 2 aromatic rings. The molecular formula is C20H25FN4O7S. The first-order chi connectivity index (χ1) is 15.7. The number of rotatable bonds is 8. The number of pyridine rings is 1. The van der Waals surface area contributed by atoms with E-state index in [-0.39, 0.29) is 36.6 Å². The predicted molar refractivity (Wildman–Crippen MR) is 115 cm³/mol. The van der Waals surface area contributed by atoms with Gasteiger partial charge in [0.05, 0.1) is 24.3 Å². The summed E-state index contributed by atoms with van der Waals surface area (Å²) in [6.07, 6.45) is 2.93. The highest BCUT2D eigenvalue weighted by Crippen LogP contribution is 2.29. The Labute approximate surface area is 190 Å². The molecule has 11 nitrogen and oxygen atoms in total. The van der Waals surface area contributed by atoms with Crippen molar-refractivity contribution in [1.82, 2.24) is 14.2 Å². The molecule has 1 aliphatic rings. The molecule has 13 heteroatoms. The molecule has 180 valence electrons. The largest absolute Gasteiger partial charge is 0.449 e. The third-order valence-corrected chi connectivity index (χ3v) is 7.34. The Kier molecular flexibility index (Phi) is 7.97. The van der Waals surface area contributed by atoms with Crippen molar-refractivity contribution in [2.45, 2.75) is 37.1 Å². The maximum absolute atomic E-state index is 14.5. The molecule has 1 atom stereocenters. The minimum atomic E-state index is -4.05. The molecule has 0 bridgehead atoms. The zero-order valence-corrected chi connectivity index (χ0v) is 18.9. The molecule has 1 aromatic carbocycles. The van der Waals surface area contributed by atoms with Crippen LogP contribution in [0.5, 0.6) is 0 Å². The highest BCUT2D eigenvalue weighted by molar-refractivity contribution is 7.89. The lowest BCUT2D eigenvalue weighted by Crippen LogP contribution is -2.44. The van der Waals surface area contributed by atoms with Crippen molar-refractivity contribution in [2.75, 3.05) is 32.8 Å². The van der Waals surface area contributed by atoms with Crippen LogP contribution in [0, 0.1) is 15.9 Å². The lowest BCUT2D eigenvalue weighted by atomic mass is 10.2. The maximum atomic E-state index is 14.5. The second-order valence-electron chi connectivity index (χ2n) is 7.62. The number of fused-ring (bicyclic) bond motifs is 1. The lowest BCUT2D eigenvalue weighted by molar-refractivity contribution is -0.757. The van der Waals surface area contributed by atoms with Crippen molar-refractivity contribution in [3.63, 3.8) is 0 Å². The van der Waals surface area contributed by atoms with E-state index in [4.69, 9.17) is 4.74 Å². The molecule has 33 heavy (non-hydrogen) atoms. The SMILES string of the molecule is C[C@H]1CN(C(=O)OCCCCO[N+](=O)[O-])CCCN1S(=O)(=O)c1cccc2cncc(F)c12. The first-order valence-electron chi connectivity index (χ1n) is 10.4. The van der Waals surface area contributed by atoms with Crippen molar-refractivity contribution in [3.8, 4) is 0 Å². The van der Waals surface area contributed by atoms with Crippen LogP contribution >= 0.6 is 0 Å². The zero-order valence-electron chi connectivity index (χ0n) is 18.1. The molecule has 0 unspecified atom stereocenters. The summed E-state index contributed by atoms with van der Waals surface area (Å²) in [5, 5.41) is 9.59. The minimum Gasteiger partial charge on any atom is -0.449 e. The molecule has 0 spiro atoms. The van der Waals surface area contributed by atoms with Crippen LogP contribution in [0.4, 0.5) is 9.18 Å². The summed E-state index contributed by atoms with van der Waals surface area (Å²) < 4.78 is 47.9. The van der Waals surface area contributed by atoms with E-state index in [1.54, 1.807) is 19.1 Å². The number of carbonyl (C=O) groups excluding carboxylic acids is 1. The number of hydrogen-bond acceptors (Lipinski definition) is 8. The number of ether oxygens (including phenoxy) is 1. The predicted octanol–water partition coefficient (Wildman–Crippen LogP) is 2.58. The average Bonchev–Trinajstić information content (AvgIpc) is 2.97. The van der Waals surface area contributed by atoms with Gasteiger partial charge in [0.15, 0.2) is 5.82 Å². The molecule has 1 fully saturated rings. The van der Waals surface area contributed by atoms with Gasteiger partial charge in [-0.05, 0) is 32.3 Å². The third kappa shape index (κ3) is 5.85. The first-order valence-corrected chi connectivity index (χ1v) is 11.9. The Morgan fingerprint density at radius 1 is 1.27 bits per heavy atom. The number of aromatic nitrogens is 1. The van der Waals surface area contributed by atoms with Gasteiger partial charge in [-0.2, -0.15) is 4.31 Å². The van der Waals surface area contributed by atoms with E-state index in [2.05, 4.69) is 9.82 Å². The van der Waals surface area contributed by atoms with Gasteiger partial charge in [-0.15, -0.1) is 10.1 Å². The number of unbranched alkanes of at least 4 members (excludes halogenated alkanes) is 1. The van der Waals surface area contributed by atoms with Crippen molar-refractivity contribution < 1.29 is 32.3 Å². The Morgan fingerprint density at radius 3 is 2.79 bits per heavy atom. The van der Waals surface area contributed by atoms with E-state index in [0.717, 1.165) is 6.20 Å². The van der Waals surface area contributed by atoms with E-state index < -0.39 is 33.1 Å². The van der Waals surface area contributed by atoms with E-state index in [1.165, 1.54) is 21.5 Å². The molecule has 0 radical (unpaired) electrons. The molecule has 1 saturated heterocycles. The van der Waals surface area contributed by atoms with Gasteiger partial charge in [0, 0.05) is 42.6 Å². The average molecular weight is 485 g/mol. The van der Waals surface area contributed by atoms with Gasteiger partial charge in [-0.1, -0.05) is 12.1 Å². The van der Waals surface area contributed by atoms with E-state index in [1.807, 2.05) is 0 Å². The summed E-state index contributed by atoms with van der Waals surface area (Å²) in [5.41, 5.74) is 0. The summed E-state index contributed by atoms with van der Waals surface area (Å²) in [6, 6.07) is 3.93. The summed E-state index contributed by atoms with van der Waals surface area (Å²) in [6.45, 7) is 2.24. The van der Waals surface area contributed by atoms with Crippen LogP contribution < -0.4 is 0 Å². The molecule has 2 heterocycles. The molecule has 0 saturated carbocycles. The van der Waals surface area contributed by atoms with Gasteiger partial charge in [0.25, 0.3) is 5.09 Å². The Hall–Kier alpha value is -3.06. The molecule has 0 aliphatic carbocycles. The quantitative estimate of drug-likeness (QED) is 0.317. The smallest absolute Gasteiger partial charge is 0.409 e. The van der Waals surface area contributed by atoms with Crippen molar-refractivity contribution in [1.29, 1.82) is 0 Å². The Bertz CT molecular complexity index is 1110. The van der Waals surface area contributed by atoms with Crippen LogP contribution in [0.15, 0.2) is 35.5 Å². The topological polar surface area (TPSA) is 132 Å². The number of hydrogen-bond donors (Lipinski definition) is 0. The van der Waals surface area contributed by atoms with Crippen LogP contribution in [-0.4, -0.2) is 72.7 Å². The second kappa shape index (κ2) is 10.7. The number of sulfonamides is 1. The summed E-state index contributed by atoms with van der Waals surface area (Å²) in [5.74, 6) is -0.719. The first kappa shape index (κ1) is 24.6. The van der Waals surface area contributed by atoms with Gasteiger partial charge >= 0.3 is 6.09 Å². The van der Waals surface area contributed by atoms with Crippen molar-refractivity contribution in [2.24, 2.45) is 0 Å². The third-order valence-electron chi connectivity index (χ3n) is 5.29. The second-order valence-corrected chi connectivity index (χ2v) is 9.48. The Balaban J connectivity index is 1.66. The highest BCUT2D eigenvalue weighted by Gasteiger charge is 2.35. The van der Waals surface area contributed by atoms with Gasteiger partial charge in [0.1, 0.15) is 0 Å². The summed E-state index contributed by atoms with van der Waals surface area (Å²) >= 11 is 0. The van der Waals surface area contributed by atoms with Crippen LogP contribution in [0.1, 0.15) is 26.2 Å². The van der Waals surface area contributed by atoms with E-state index in [9.17, 15) is 27.7 Å². The normalized spacial score (nSPS) is 17.5. The molecule has 1 amide bonds. The zero-order chi connectivity index (χ0) is 24.0. The molecule has 1 aromatic heterocycles. The molecule has 3 rings (SSSR count). The van der Waals surface area contributed by atoms with Crippen LogP contribution in [0.3, 0.4) is 0 Å².